The molecule has 0 aromatic carbocycles. The van der Waals surface area contributed by atoms with Crippen molar-refractivity contribution in [3.63, 3.8) is 0 Å². The summed E-state index contributed by atoms with van der Waals surface area (Å²) in [6.45, 7) is 4.25. The van der Waals surface area contributed by atoms with Gasteiger partial charge >= 0.3 is 25.7 Å². The molecule has 0 radical (unpaired) electrons. The lowest BCUT2D eigenvalue weighted by atomic mass is 10.1. The second-order valence-corrected chi connectivity index (χ2v) is 19.4. The van der Waals surface area contributed by atoms with Crippen LogP contribution in [0, 0.1) is 0 Å². The monoisotopic (exact) mass is 1030 g/mol. The van der Waals surface area contributed by atoms with Gasteiger partial charge in [-0.25, -0.2) is 4.57 Å². The largest absolute Gasteiger partial charge is 0.472 e. The highest BCUT2D eigenvalue weighted by molar-refractivity contribution is 7.47. The summed E-state index contributed by atoms with van der Waals surface area (Å²) in [5.74, 6) is -1.61. The molecule has 0 rings (SSSR count). The van der Waals surface area contributed by atoms with Crippen LogP contribution < -0.4 is 0 Å². The van der Waals surface area contributed by atoms with E-state index >= 15 is 0 Å². The Labute approximate surface area is 437 Å². The molecule has 0 heterocycles. The number of allylic oxidation sites excluding steroid dienone is 18. The van der Waals surface area contributed by atoms with Crippen molar-refractivity contribution >= 4 is 25.7 Å². The number of phosphoric acid groups is 1. The van der Waals surface area contributed by atoms with Gasteiger partial charge in [0.2, 0.25) is 0 Å². The van der Waals surface area contributed by atoms with E-state index in [4.69, 9.17) is 23.3 Å². The van der Waals surface area contributed by atoms with Crippen LogP contribution in [0.5, 0.6) is 0 Å². The van der Waals surface area contributed by atoms with Crippen LogP contribution in [0.4, 0.5) is 0 Å². The predicted octanol–water partition coefficient (Wildman–Crippen LogP) is 16.2. The minimum atomic E-state index is -4.77. The zero-order valence-corrected chi connectivity index (χ0v) is 46.0. The SMILES string of the molecule is CC/C=C\C/C=C\C/C=C\C/C=C\CCC(=O)OCC(COP(=O)(O)OCC(CO)OC(=O)CCCCC/C=C\C/C=C\C/C=C\CC)OC(=O)CCCCCCCCCCC/C=C\C/C=C\CCCCC. The van der Waals surface area contributed by atoms with E-state index in [0.717, 1.165) is 103 Å². The molecule has 0 aromatic heterocycles. The van der Waals surface area contributed by atoms with Crippen LogP contribution in [-0.4, -0.2) is 66.5 Å². The van der Waals surface area contributed by atoms with Gasteiger partial charge in [-0.15, -0.1) is 0 Å². The highest BCUT2D eigenvalue weighted by atomic mass is 31.2. The standard InChI is InChI=1S/C60H99O11P/c1-4-7-10-13-16-19-22-25-26-27-28-29-30-33-36-39-42-45-48-51-60(64)71-57(53-67-58(62)49-46-43-40-37-34-31-23-20-17-14-11-8-5-2)55-69-72(65,66)68-54-56(52-61)70-59(63)50-47-44-41-38-35-32-24-21-18-15-12-9-6-3/h8-9,11-12,16-21,25-26,31-32,34-35,40,43,56-57,61H,4-7,10,13-15,22-24,27-30,33,36-39,41-42,44-55H2,1-3H3,(H,65,66)/b11-8-,12-9-,19-16-,20-17-,21-18-,26-25-,34-31-,35-32-,43-40-. The van der Waals surface area contributed by atoms with Crippen molar-refractivity contribution in [2.45, 2.75) is 226 Å². The lowest BCUT2D eigenvalue weighted by Gasteiger charge is -2.21. The summed E-state index contributed by atoms with van der Waals surface area (Å²) in [5.41, 5.74) is 0. The van der Waals surface area contributed by atoms with Crippen molar-refractivity contribution in [1.29, 1.82) is 0 Å². The van der Waals surface area contributed by atoms with Gasteiger partial charge in [-0.3, -0.25) is 23.4 Å². The first-order chi connectivity index (χ1) is 35.2. The Hall–Kier alpha value is -3.86. The van der Waals surface area contributed by atoms with Crippen LogP contribution in [0.25, 0.3) is 0 Å². The first kappa shape index (κ1) is 68.1. The number of carbonyl (C=O) groups excluding carboxylic acids is 3. The number of carbonyl (C=O) groups is 3. The van der Waals surface area contributed by atoms with Gasteiger partial charge in [0, 0.05) is 19.3 Å². The van der Waals surface area contributed by atoms with Crippen LogP contribution in [0.1, 0.15) is 213 Å². The number of hydrogen-bond donors (Lipinski definition) is 2. The van der Waals surface area contributed by atoms with Crippen LogP contribution in [-0.2, 0) is 42.2 Å². The molecule has 11 nitrogen and oxygen atoms in total. The molecule has 2 N–H and O–H groups in total. The van der Waals surface area contributed by atoms with E-state index < -0.39 is 57.8 Å². The van der Waals surface area contributed by atoms with E-state index in [-0.39, 0.29) is 25.9 Å². The first-order valence-electron chi connectivity index (χ1n) is 27.8. The summed E-state index contributed by atoms with van der Waals surface area (Å²) in [6, 6.07) is 0. The van der Waals surface area contributed by atoms with Crippen molar-refractivity contribution in [2.75, 3.05) is 26.4 Å². The Balaban J connectivity index is 4.82. The Kier molecular flexibility index (Phi) is 50.6. The van der Waals surface area contributed by atoms with Crippen molar-refractivity contribution in [1.82, 2.24) is 0 Å². The van der Waals surface area contributed by atoms with Gasteiger partial charge in [-0.2, -0.15) is 0 Å². The Bertz CT molecular complexity index is 1620. The molecular formula is C60H99O11P. The molecule has 0 aliphatic heterocycles. The molecule has 72 heavy (non-hydrogen) atoms. The van der Waals surface area contributed by atoms with Gasteiger partial charge in [0.15, 0.2) is 6.10 Å². The van der Waals surface area contributed by atoms with E-state index in [0.29, 0.717) is 19.3 Å². The molecule has 0 aliphatic rings. The van der Waals surface area contributed by atoms with E-state index in [9.17, 15) is 28.9 Å². The van der Waals surface area contributed by atoms with Crippen molar-refractivity contribution in [3.8, 4) is 0 Å². The summed E-state index contributed by atoms with van der Waals surface area (Å²) in [4.78, 5) is 48.4. The average molecular weight is 1030 g/mol. The molecule has 3 unspecified atom stereocenters. The van der Waals surface area contributed by atoms with E-state index in [1.807, 2.05) is 12.2 Å². The quantitative estimate of drug-likeness (QED) is 0.0197. The zero-order valence-electron chi connectivity index (χ0n) is 45.1. The molecule has 0 spiro atoms. The third-order valence-corrected chi connectivity index (χ3v) is 12.1. The minimum Gasteiger partial charge on any atom is -0.462 e. The summed E-state index contributed by atoms with van der Waals surface area (Å²) in [6.07, 6.45) is 63.6. The second-order valence-electron chi connectivity index (χ2n) is 18.0. The third kappa shape index (κ3) is 51.1. The molecule has 410 valence electrons. The normalized spacial score (nSPS) is 14.2. The van der Waals surface area contributed by atoms with Gasteiger partial charge in [-0.1, -0.05) is 194 Å². The van der Waals surface area contributed by atoms with Crippen LogP contribution in [0.3, 0.4) is 0 Å². The van der Waals surface area contributed by atoms with Crippen LogP contribution >= 0.6 is 7.82 Å². The zero-order chi connectivity index (χ0) is 52.7. The Morgan fingerprint density at radius 2 is 0.750 bits per heavy atom. The topological polar surface area (TPSA) is 155 Å². The predicted molar refractivity (Wildman–Crippen MR) is 297 cm³/mol. The minimum absolute atomic E-state index is 0.0977. The summed E-state index contributed by atoms with van der Waals surface area (Å²) in [7, 11) is -4.77. The highest BCUT2D eigenvalue weighted by Crippen LogP contribution is 2.43. The number of phosphoric ester groups is 1. The van der Waals surface area contributed by atoms with Crippen molar-refractivity contribution in [2.24, 2.45) is 0 Å². The maximum absolute atomic E-state index is 12.9. The second kappa shape index (κ2) is 53.4. The number of ether oxygens (including phenoxy) is 3. The fraction of sp³-hybridized carbons (Fsp3) is 0.650. The molecule has 0 fully saturated rings. The smallest absolute Gasteiger partial charge is 0.462 e. The van der Waals surface area contributed by atoms with Crippen molar-refractivity contribution in [3.05, 3.63) is 109 Å². The molecule has 0 aromatic rings. The summed E-state index contributed by atoms with van der Waals surface area (Å²) < 4.78 is 39.3. The maximum Gasteiger partial charge on any atom is 0.472 e. The number of esters is 3. The molecule has 0 amide bonds. The van der Waals surface area contributed by atoms with E-state index in [2.05, 4.69) is 118 Å². The summed E-state index contributed by atoms with van der Waals surface area (Å²) in [5, 5.41) is 9.79. The van der Waals surface area contributed by atoms with Gasteiger partial charge in [0.25, 0.3) is 0 Å². The lowest BCUT2D eigenvalue weighted by Crippen LogP contribution is -2.30. The number of rotatable bonds is 50. The molecule has 0 saturated heterocycles. The number of hydrogen-bond acceptors (Lipinski definition) is 10. The van der Waals surface area contributed by atoms with E-state index in [1.165, 1.54) is 51.4 Å². The summed E-state index contributed by atoms with van der Waals surface area (Å²) >= 11 is 0. The van der Waals surface area contributed by atoms with Gasteiger partial charge in [0.05, 0.1) is 19.8 Å². The number of aliphatic hydroxyl groups excluding tert-OH is 1. The molecule has 0 saturated carbocycles. The fourth-order valence-electron chi connectivity index (χ4n) is 7.00. The molecule has 0 aliphatic carbocycles. The average Bonchev–Trinajstić information content (AvgIpc) is 3.37. The van der Waals surface area contributed by atoms with Gasteiger partial charge < -0.3 is 24.2 Å². The van der Waals surface area contributed by atoms with Crippen molar-refractivity contribution < 1.29 is 52.2 Å². The van der Waals surface area contributed by atoms with E-state index in [1.54, 1.807) is 0 Å². The molecule has 3 atom stereocenters. The highest BCUT2D eigenvalue weighted by Gasteiger charge is 2.28. The van der Waals surface area contributed by atoms with Gasteiger partial charge in [-0.05, 0) is 109 Å². The van der Waals surface area contributed by atoms with Gasteiger partial charge in [0.1, 0.15) is 12.7 Å². The third-order valence-electron chi connectivity index (χ3n) is 11.2. The fourth-order valence-corrected chi connectivity index (χ4v) is 7.79. The number of aliphatic hydroxyl groups is 1. The first-order valence-corrected chi connectivity index (χ1v) is 29.3. The number of unbranched alkanes of at least 4 members (excludes halogenated alkanes) is 15. The molecular weight excluding hydrogens is 928 g/mol. The van der Waals surface area contributed by atoms with Crippen LogP contribution in [0.15, 0.2) is 109 Å². The Morgan fingerprint density at radius 3 is 1.18 bits per heavy atom. The maximum atomic E-state index is 12.9. The molecule has 12 heteroatoms. The molecule has 0 bridgehead atoms. The lowest BCUT2D eigenvalue weighted by molar-refractivity contribution is -0.161. The van der Waals surface area contributed by atoms with Crippen LogP contribution in [0.2, 0.25) is 0 Å². The Morgan fingerprint density at radius 1 is 0.403 bits per heavy atom.